The maximum atomic E-state index is 6.02. The molecule has 0 N–H and O–H groups in total. The Morgan fingerprint density at radius 1 is 1.25 bits per heavy atom. The first kappa shape index (κ1) is 13.8. The summed E-state index contributed by atoms with van der Waals surface area (Å²) in [5, 5.41) is 0. The minimum atomic E-state index is -0.0541. The van der Waals surface area contributed by atoms with Gasteiger partial charge in [0.25, 0.3) is 0 Å². The van der Waals surface area contributed by atoms with Gasteiger partial charge in [0.05, 0.1) is 12.7 Å². The Morgan fingerprint density at radius 2 is 2.05 bits per heavy atom. The van der Waals surface area contributed by atoms with E-state index in [1.165, 1.54) is 5.56 Å². The van der Waals surface area contributed by atoms with Crippen LogP contribution >= 0.6 is 0 Å². The van der Waals surface area contributed by atoms with Gasteiger partial charge in [-0.15, -0.1) is 0 Å². The van der Waals surface area contributed by atoms with Crippen molar-refractivity contribution in [1.29, 1.82) is 0 Å². The lowest BCUT2D eigenvalue weighted by molar-refractivity contribution is -0.130. The van der Waals surface area contributed by atoms with Crippen LogP contribution in [0.3, 0.4) is 0 Å². The zero-order chi connectivity index (χ0) is 13.9. The van der Waals surface area contributed by atoms with Crippen LogP contribution in [0.15, 0.2) is 36.4 Å². The van der Waals surface area contributed by atoms with E-state index in [1.54, 1.807) is 7.11 Å². The summed E-state index contributed by atoms with van der Waals surface area (Å²) in [4.78, 5) is 0. The number of rotatable bonds is 4. The molecule has 1 aromatic rings. The molecule has 3 nitrogen and oxygen atoms in total. The van der Waals surface area contributed by atoms with Crippen LogP contribution in [0.5, 0.6) is 0 Å². The molecule has 108 valence electrons. The number of methoxy groups -OCH3 is 1. The second kappa shape index (κ2) is 6.08. The zero-order valence-corrected chi connectivity index (χ0v) is 12.1. The van der Waals surface area contributed by atoms with Gasteiger partial charge in [0.1, 0.15) is 6.10 Å². The van der Waals surface area contributed by atoms with Crippen molar-refractivity contribution in [3.8, 4) is 0 Å². The topological polar surface area (TPSA) is 27.7 Å². The average Bonchev–Trinajstić information content (AvgIpc) is 2.84. The summed E-state index contributed by atoms with van der Waals surface area (Å²) >= 11 is 0. The molecule has 0 saturated carbocycles. The molecule has 1 aromatic carbocycles. The van der Waals surface area contributed by atoms with Crippen LogP contribution in [0.2, 0.25) is 0 Å². The number of benzene rings is 1. The summed E-state index contributed by atoms with van der Waals surface area (Å²) in [6.45, 7) is 2.79. The van der Waals surface area contributed by atoms with Crippen molar-refractivity contribution in [3.05, 3.63) is 42.0 Å². The molecule has 0 aromatic heterocycles. The Bertz CT molecular complexity index is 457. The highest BCUT2D eigenvalue weighted by Gasteiger charge is 2.47. The van der Waals surface area contributed by atoms with Gasteiger partial charge in [0.15, 0.2) is 6.29 Å². The average molecular weight is 274 g/mol. The Hall–Kier alpha value is -1.16. The Morgan fingerprint density at radius 3 is 2.80 bits per heavy atom. The summed E-state index contributed by atoms with van der Waals surface area (Å²) in [7, 11) is 1.71. The third kappa shape index (κ3) is 2.80. The van der Waals surface area contributed by atoms with Gasteiger partial charge in [-0.3, -0.25) is 0 Å². The molecule has 2 aliphatic heterocycles. The predicted molar refractivity (Wildman–Crippen MR) is 78.2 cm³/mol. The summed E-state index contributed by atoms with van der Waals surface area (Å²) in [5.41, 5.74) is 1.23. The van der Waals surface area contributed by atoms with E-state index < -0.39 is 0 Å². The number of ether oxygens (including phenoxy) is 3. The van der Waals surface area contributed by atoms with Gasteiger partial charge in [0.2, 0.25) is 0 Å². The summed E-state index contributed by atoms with van der Waals surface area (Å²) in [6.07, 6.45) is 5.68. The first-order chi connectivity index (χ1) is 9.78. The SMILES string of the molecule is COCC1OC2OC1C(/C=C/c1ccccc1)CC2C. The Balaban J connectivity index is 1.73. The van der Waals surface area contributed by atoms with Gasteiger partial charge < -0.3 is 14.2 Å². The van der Waals surface area contributed by atoms with E-state index in [4.69, 9.17) is 14.2 Å². The van der Waals surface area contributed by atoms with Gasteiger partial charge in [-0.25, -0.2) is 0 Å². The largest absolute Gasteiger partial charge is 0.382 e. The lowest BCUT2D eigenvalue weighted by Gasteiger charge is -2.30. The molecule has 3 heteroatoms. The third-order valence-corrected chi connectivity index (χ3v) is 4.16. The quantitative estimate of drug-likeness (QED) is 0.844. The molecule has 2 bridgehead atoms. The van der Waals surface area contributed by atoms with Crippen LogP contribution in [0.25, 0.3) is 6.08 Å². The molecule has 0 spiro atoms. The van der Waals surface area contributed by atoms with Crippen molar-refractivity contribution < 1.29 is 14.2 Å². The molecule has 2 aliphatic rings. The molecule has 0 radical (unpaired) electrons. The fourth-order valence-corrected chi connectivity index (χ4v) is 3.13. The second-order valence-corrected chi connectivity index (χ2v) is 5.75. The fourth-order valence-electron chi connectivity index (χ4n) is 3.13. The normalized spacial score (nSPS) is 36.6. The molecule has 5 unspecified atom stereocenters. The fraction of sp³-hybridized carbons (Fsp3) is 0.529. The van der Waals surface area contributed by atoms with Crippen molar-refractivity contribution in [3.63, 3.8) is 0 Å². The monoisotopic (exact) mass is 274 g/mol. The molecule has 0 amide bonds. The molecule has 2 heterocycles. The predicted octanol–water partition coefficient (Wildman–Crippen LogP) is 3.11. The molecule has 3 rings (SSSR count). The molecule has 20 heavy (non-hydrogen) atoms. The minimum Gasteiger partial charge on any atom is -0.382 e. The Labute approximate surface area is 120 Å². The van der Waals surface area contributed by atoms with Crippen molar-refractivity contribution in [2.24, 2.45) is 11.8 Å². The highest BCUT2D eigenvalue weighted by molar-refractivity contribution is 5.49. The number of hydrogen-bond acceptors (Lipinski definition) is 3. The van der Waals surface area contributed by atoms with E-state index in [0.29, 0.717) is 18.4 Å². The highest BCUT2D eigenvalue weighted by Crippen LogP contribution is 2.40. The van der Waals surface area contributed by atoms with Crippen LogP contribution in [0.4, 0.5) is 0 Å². The molecule has 5 atom stereocenters. The summed E-state index contributed by atoms with van der Waals surface area (Å²) in [5.74, 6) is 0.822. The maximum absolute atomic E-state index is 6.02. The lowest BCUT2D eigenvalue weighted by atomic mass is 9.86. The first-order valence-electron chi connectivity index (χ1n) is 7.31. The molecular weight excluding hydrogens is 252 g/mol. The zero-order valence-electron chi connectivity index (χ0n) is 12.1. The van der Waals surface area contributed by atoms with Crippen LogP contribution in [0, 0.1) is 11.8 Å². The van der Waals surface area contributed by atoms with Crippen molar-refractivity contribution in [1.82, 2.24) is 0 Å². The van der Waals surface area contributed by atoms with Crippen molar-refractivity contribution in [2.75, 3.05) is 13.7 Å². The summed E-state index contributed by atoms with van der Waals surface area (Å²) in [6, 6.07) is 10.4. The second-order valence-electron chi connectivity index (χ2n) is 5.75. The van der Waals surface area contributed by atoms with Crippen molar-refractivity contribution >= 4 is 6.08 Å². The van der Waals surface area contributed by atoms with Crippen LogP contribution in [-0.2, 0) is 14.2 Å². The van der Waals surface area contributed by atoms with Gasteiger partial charge in [0, 0.05) is 18.9 Å². The van der Waals surface area contributed by atoms with E-state index in [2.05, 4.69) is 43.3 Å². The van der Waals surface area contributed by atoms with Crippen LogP contribution in [-0.4, -0.2) is 32.2 Å². The molecular formula is C17H22O3. The van der Waals surface area contributed by atoms with E-state index in [1.807, 2.05) is 6.07 Å². The standard InChI is InChI=1S/C17H22O3/c1-12-10-14(9-8-13-6-4-3-5-7-13)16-15(11-18-2)19-17(12)20-16/h3-9,12,14-17H,10-11H2,1-2H3/b9-8+. The van der Waals surface area contributed by atoms with Gasteiger partial charge in [-0.1, -0.05) is 49.4 Å². The van der Waals surface area contributed by atoms with Gasteiger partial charge in [-0.05, 0) is 12.0 Å². The lowest BCUT2D eigenvalue weighted by Crippen LogP contribution is -2.36. The highest BCUT2D eigenvalue weighted by atomic mass is 16.7. The molecule has 2 saturated heterocycles. The summed E-state index contributed by atoms with van der Waals surface area (Å²) < 4.78 is 17.2. The number of fused-ring (bicyclic) bond motifs is 2. The van der Waals surface area contributed by atoms with Crippen LogP contribution in [0.1, 0.15) is 18.9 Å². The molecule has 2 fully saturated rings. The first-order valence-corrected chi connectivity index (χ1v) is 7.31. The Kier molecular flexibility index (Phi) is 4.20. The van der Waals surface area contributed by atoms with E-state index in [-0.39, 0.29) is 18.5 Å². The maximum Gasteiger partial charge on any atom is 0.161 e. The van der Waals surface area contributed by atoms with Crippen LogP contribution < -0.4 is 0 Å². The van der Waals surface area contributed by atoms with E-state index >= 15 is 0 Å². The smallest absolute Gasteiger partial charge is 0.161 e. The third-order valence-electron chi connectivity index (χ3n) is 4.16. The van der Waals surface area contributed by atoms with Gasteiger partial charge in [-0.2, -0.15) is 0 Å². The van der Waals surface area contributed by atoms with E-state index in [9.17, 15) is 0 Å². The molecule has 0 aliphatic carbocycles. The van der Waals surface area contributed by atoms with Crippen molar-refractivity contribution in [2.45, 2.75) is 31.8 Å². The van der Waals surface area contributed by atoms with E-state index in [0.717, 1.165) is 6.42 Å². The minimum absolute atomic E-state index is 0.0541. The van der Waals surface area contributed by atoms with Gasteiger partial charge >= 0.3 is 0 Å². The number of hydrogen-bond donors (Lipinski definition) is 0.